The van der Waals surface area contributed by atoms with Gasteiger partial charge in [0.25, 0.3) is 5.91 Å². The molecule has 0 saturated carbocycles. The summed E-state index contributed by atoms with van der Waals surface area (Å²) in [4.78, 5) is 12.1. The van der Waals surface area contributed by atoms with E-state index in [0.29, 0.717) is 16.3 Å². The Morgan fingerprint density at radius 2 is 1.82 bits per heavy atom. The van der Waals surface area contributed by atoms with Gasteiger partial charge in [-0.15, -0.1) is 0 Å². The average molecular weight is 335 g/mol. The van der Waals surface area contributed by atoms with Gasteiger partial charge in [0, 0.05) is 0 Å². The van der Waals surface area contributed by atoms with Gasteiger partial charge in [-0.25, -0.2) is 0 Å². The topological polar surface area (TPSA) is 61.4 Å². The summed E-state index contributed by atoms with van der Waals surface area (Å²) < 4.78 is 0. The van der Waals surface area contributed by atoms with Crippen molar-refractivity contribution in [2.75, 3.05) is 5.32 Å². The van der Waals surface area contributed by atoms with Crippen molar-refractivity contribution in [3.05, 3.63) is 58.1 Å². The Labute approximate surface area is 139 Å². The number of amides is 1. The summed E-state index contributed by atoms with van der Waals surface area (Å²) >= 11 is 11.1. The highest BCUT2D eigenvalue weighted by molar-refractivity contribution is 7.80. The number of phenolic OH excluding ortho intramolecular Hbond substituents is 1. The number of hydrogen-bond donors (Lipinski definition) is 3. The van der Waals surface area contributed by atoms with Gasteiger partial charge >= 0.3 is 0 Å². The average Bonchev–Trinajstić information content (AvgIpc) is 2.45. The molecule has 0 unspecified atom stereocenters. The second-order valence-electron chi connectivity index (χ2n) is 4.84. The van der Waals surface area contributed by atoms with Crippen LogP contribution in [0, 0.1) is 13.8 Å². The number of anilines is 1. The van der Waals surface area contributed by atoms with E-state index >= 15 is 0 Å². The fourth-order valence-corrected chi connectivity index (χ4v) is 2.29. The summed E-state index contributed by atoms with van der Waals surface area (Å²) in [5, 5.41) is 15.7. The number of aromatic hydroxyl groups is 1. The zero-order chi connectivity index (χ0) is 16.3. The van der Waals surface area contributed by atoms with Crippen molar-refractivity contribution in [2.24, 2.45) is 0 Å². The highest BCUT2D eigenvalue weighted by Gasteiger charge is 2.12. The number of hydrogen-bond acceptors (Lipinski definition) is 3. The smallest absolute Gasteiger partial charge is 0.258 e. The minimum atomic E-state index is -0.411. The summed E-state index contributed by atoms with van der Waals surface area (Å²) in [6, 6.07) is 10.1. The van der Waals surface area contributed by atoms with Gasteiger partial charge in [0.05, 0.1) is 16.3 Å². The van der Waals surface area contributed by atoms with Crippen LogP contribution in [0.2, 0.25) is 5.02 Å². The predicted octanol–water partition coefficient (Wildman–Crippen LogP) is 3.79. The minimum absolute atomic E-state index is 0.0671. The lowest BCUT2D eigenvalue weighted by atomic mass is 10.1. The third-order valence-electron chi connectivity index (χ3n) is 3.21. The molecule has 0 spiro atoms. The molecule has 0 radical (unpaired) electrons. The van der Waals surface area contributed by atoms with Crippen LogP contribution in [0.3, 0.4) is 0 Å². The Kier molecular flexibility index (Phi) is 5.00. The Morgan fingerprint density at radius 3 is 2.50 bits per heavy atom. The second-order valence-corrected chi connectivity index (χ2v) is 5.66. The van der Waals surface area contributed by atoms with Gasteiger partial charge in [0.2, 0.25) is 0 Å². The van der Waals surface area contributed by atoms with Crippen LogP contribution >= 0.6 is 23.8 Å². The number of aryl methyl sites for hydroxylation is 2. The van der Waals surface area contributed by atoms with Gasteiger partial charge in [0.15, 0.2) is 5.11 Å². The van der Waals surface area contributed by atoms with E-state index in [-0.39, 0.29) is 10.9 Å². The van der Waals surface area contributed by atoms with Gasteiger partial charge in [-0.05, 0) is 61.5 Å². The number of halogens is 1. The van der Waals surface area contributed by atoms with Crippen molar-refractivity contribution in [1.82, 2.24) is 5.32 Å². The third kappa shape index (κ3) is 3.75. The van der Waals surface area contributed by atoms with Crippen LogP contribution in [0.1, 0.15) is 21.5 Å². The molecule has 0 heterocycles. The first-order chi connectivity index (χ1) is 10.4. The Balaban J connectivity index is 2.09. The SMILES string of the molecule is Cc1cc(O)c(NC(=S)NC(=O)c2ccccc2Cl)cc1C. The third-order valence-corrected chi connectivity index (χ3v) is 3.74. The molecule has 2 rings (SSSR count). The minimum Gasteiger partial charge on any atom is -0.506 e. The van der Waals surface area contributed by atoms with Gasteiger partial charge in [-0.1, -0.05) is 23.7 Å². The summed E-state index contributed by atoms with van der Waals surface area (Å²) in [6.07, 6.45) is 0. The van der Waals surface area contributed by atoms with Crippen molar-refractivity contribution >= 4 is 40.5 Å². The molecule has 2 aromatic rings. The molecule has 0 aliphatic carbocycles. The van der Waals surface area contributed by atoms with Gasteiger partial charge in [-0.3, -0.25) is 10.1 Å². The van der Waals surface area contributed by atoms with E-state index in [4.69, 9.17) is 23.8 Å². The summed E-state index contributed by atoms with van der Waals surface area (Å²) in [7, 11) is 0. The number of rotatable bonds is 2. The molecule has 0 aliphatic heterocycles. The lowest BCUT2D eigenvalue weighted by Gasteiger charge is -2.13. The maximum atomic E-state index is 12.1. The van der Waals surface area contributed by atoms with E-state index in [1.807, 2.05) is 13.8 Å². The van der Waals surface area contributed by atoms with E-state index in [0.717, 1.165) is 11.1 Å². The number of carbonyl (C=O) groups is 1. The molecule has 2 aromatic carbocycles. The van der Waals surface area contributed by atoms with Crippen molar-refractivity contribution in [2.45, 2.75) is 13.8 Å². The molecule has 0 aromatic heterocycles. The molecular weight excluding hydrogens is 320 g/mol. The van der Waals surface area contributed by atoms with Crippen molar-refractivity contribution in [3.8, 4) is 5.75 Å². The van der Waals surface area contributed by atoms with Crippen molar-refractivity contribution in [1.29, 1.82) is 0 Å². The van der Waals surface area contributed by atoms with Crippen LogP contribution < -0.4 is 10.6 Å². The van der Waals surface area contributed by atoms with Crippen LogP contribution in [0.15, 0.2) is 36.4 Å². The molecule has 3 N–H and O–H groups in total. The van der Waals surface area contributed by atoms with Crippen LogP contribution in [0.25, 0.3) is 0 Å². The van der Waals surface area contributed by atoms with Crippen LogP contribution in [0.4, 0.5) is 5.69 Å². The van der Waals surface area contributed by atoms with E-state index in [2.05, 4.69) is 10.6 Å². The largest absolute Gasteiger partial charge is 0.506 e. The molecule has 6 heteroatoms. The Morgan fingerprint density at radius 1 is 1.18 bits per heavy atom. The number of thiocarbonyl (C=S) groups is 1. The first kappa shape index (κ1) is 16.3. The first-order valence-corrected chi connectivity index (χ1v) is 7.34. The standard InChI is InChI=1S/C16H15ClN2O2S/c1-9-7-13(14(20)8-10(9)2)18-16(22)19-15(21)11-5-3-4-6-12(11)17/h3-8,20H,1-2H3,(H2,18,19,21,22). The molecule has 0 bridgehead atoms. The summed E-state index contributed by atoms with van der Waals surface area (Å²) in [5.41, 5.74) is 2.74. The van der Waals surface area contributed by atoms with E-state index in [1.54, 1.807) is 36.4 Å². The van der Waals surface area contributed by atoms with Crippen LogP contribution in [-0.4, -0.2) is 16.1 Å². The Bertz CT molecular complexity index is 747. The first-order valence-electron chi connectivity index (χ1n) is 6.55. The molecule has 22 heavy (non-hydrogen) atoms. The van der Waals surface area contributed by atoms with E-state index in [1.165, 1.54) is 0 Å². The van der Waals surface area contributed by atoms with E-state index < -0.39 is 5.91 Å². The van der Waals surface area contributed by atoms with Crippen LogP contribution in [0.5, 0.6) is 5.75 Å². The zero-order valence-electron chi connectivity index (χ0n) is 12.1. The van der Waals surface area contributed by atoms with Gasteiger partial charge < -0.3 is 10.4 Å². The summed E-state index contributed by atoms with van der Waals surface area (Å²) in [6.45, 7) is 3.82. The molecule has 0 aliphatic rings. The number of phenols is 1. The highest BCUT2D eigenvalue weighted by atomic mass is 35.5. The number of nitrogens with one attached hydrogen (secondary N) is 2. The van der Waals surface area contributed by atoms with Crippen molar-refractivity contribution in [3.63, 3.8) is 0 Å². The van der Waals surface area contributed by atoms with Crippen LogP contribution in [-0.2, 0) is 0 Å². The van der Waals surface area contributed by atoms with Gasteiger partial charge in [0.1, 0.15) is 5.75 Å². The molecule has 0 atom stereocenters. The molecule has 0 saturated heterocycles. The van der Waals surface area contributed by atoms with E-state index in [9.17, 15) is 9.90 Å². The monoisotopic (exact) mass is 334 g/mol. The fourth-order valence-electron chi connectivity index (χ4n) is 1.87. The van der Waals surface area contributed by atoms with Gasteiger partial charge in [-0.2, -0.15) is 0 Å². The second kappa shape index (κ2) is 6.77. The molecule has 114 valence electrons. The molecule has 1 amide bonds. The summed E-state index contributed by atoms with van der Waals surface area (Å²) in [5.74, 6) is -0.344. The normalized spacial score (nSPS) is 10.1. The predicted molar refractivity (Wildman–Crippen MR) is 92.7 cm³/mol. The fraction of sp³-hybridized carbons (Fsp3) is 0.125. The highest BCUT2D eigenvalue weighted by Crippen LogP contribution is 2.26. The molecule has 4 nitrogen and oxygen atoms in total. The lowest BCUT2D eigenvalue weighted by molar-refractivity contribution is 0.0978. The molecular formula is C16H15ClN2O2S. The Hall–Kier alpha value is -2.11. The lowest BCUT2D eigenvalue weighted by Crippen LogP contribution is -2.34. The maximum Gasteiger partial charge on any atom is 0.258 e. The maximum absolute atomic E-state index is 12.1. The number of carbonyl (C=O) groups excluding carboxylic acids is 1. The number of benzene rings is 2. The zero-order valence-corrected chi connectivity index (χ0v) is 13.7. The van der Waals surface area contributed by atoms with Crippen molar-refractivity contribution < 1.29 is 9.90 Å². The molecule has 0 fully saturated rings. The quantitative estimate of drug-likeness (QED) is 0.577.